The molecule has 126 valence electrons. The first-order chi connectivity index (χ1) is 12.6. The summed E-state index contributed by atoms with van der Waals surface area (Å²) in [4.78, 5) is 0. The molecule has 8 heteroatoms. The van der Waals surface area contributed by atoms with Gasteiger partial charge in [-0.05, 0) is 36.4 Å². The van der Waals surface area contributed by atoms with Gasteiger partial charge in [-0.3, -0.25) is 0 Å². The molecule has 0 atom stereocenters. The third kappa shape index (κ3) is 1.74. The van der Waals surface area contributed by atoms with Crippen LogP contribution in [0.5, 0.6) is 34.5 Å². The van der Waals surface area contributed by atoms with E-state index in [0.29, 0.717) is 33.9 Å². The van der Waals surface area contributed by atoms with Gasteiger partial charge in [0.2, 0.25) is 0 Å². The van der Waals surface area contributed by atoms with E-state index in [1.165, 1.54) is 0 Å². The molecule has 0 spiro atoms. The predicted molar refractivity (Wildman–Crippen MR) is 94.3 cm³/mol. The monoisotopic (exact) mass is 364 g/mol. The lowest BCUT2D eigenvalue weighted by Crippen LogP contribution is -2.59. The van der Waals surface area contributed by atoms with Crippen LogP contribution in [-0.2, 0) is 10.4 Å². The molecule has 0 unspecified atom stereocenters. The fourth-order valence-corrected chi connectivity index (χ4v) is 4.60. The first-order valence-electron chi connectivity index (χ1n) is 7.99. The average molecular weight is 364 g/mol. The molecule has 0 radical (unpaired) electrons. The summed E-state index contributed by atoms with van der Waals surface area (Å²) in [6.45, 7) is -0.309. The van der Waals surface area contributed by atoms with E-state index in [9.17, 15) is 8.42 Å². The zero-order chi connectivity index (χ0) is 17.5. The van der Waals surface area contributed by atoms with Crippen molar-refractivity contribution in [1.82, 2.24) is 0 Å². The van der Waals surface area contributed by atoms with Crippen LogP contribution in [0.25, 0.3) is 0 Å². The molecule has 3 aliphatic rings. The second-order valence-corrected chi connectivity index (χ2v) is 7.37. The van der Waals surface area contributed by atoms with E-state index >= 15 is 0 Å². The average Bonchev–Trinajstić information content (AvgIpc) is 2.60. The van der Waals surface area contributed by atoms with E-state index in [2.05, 4.69) is 0 Å². The minimum Gasteiger partial charge on any atom is -0.458 e. The van der Waals surface area contributed by atoms with Crippen LogP contribution in [0.4, 0.5) is 0 Å². The first kappa shape index (κ1) is 14.1. The fourth-order valence-electron chi connectivity index (χ4n) is 3.83. The SMILES string of the molecule is O=S1(=O)Oc2cccc3c2B2c4c(cccc4Oc4cccc(c42)O1)O3. The molecule has 0 aromatic heterocycles. The molecule has 3 aromatic carbocycles. The number of hydrogen-bond acceptors (Lipinski definition) is 6. The van der Waals surface area contributed by atoms with E-state index < -0.39 is 10.4 Å². The predicted octanol–water partition coefficient (Wildman–Crippen LogP) is 1.43. The molecule has 0 fully saturated rings. The van der Waals surface area contributed by atoms with Gasteiger partial charge in [0.05, 0.1) is 0 Å². The van der Waals surface area contributed by atoms with Crippen LogP contribution >= 0.6 is 0 Å². The van der Waals surface area contributed by atoms with E-state index in [4.69, 9.17) is 17.8 Å². The number of hydrogen-bond donors (Lipinski definition) is 0. The van der Waals surface area contributed by atoms with Crippen molar-refractivity contribution < 1.29 is 26.3 Å². The number of benzene rings is 3. The lowest BCUT2D eigenvalue weighted by atomic mass is 9.34. The van der Waals surface area contributed by atoms with Gasteiger partial charge in [-0.1, -0.05) is 18.2 Å². The van der Waals surface area contributed by atoms with Crippen LogP contribution in [0.1, 0.15) is 0 Å². The minimum atomic E-state index is -4.28. The van der Waals surface area contributed by atoms with Gasteiger partial charge < -0.3 is 17.8 Å². The first-order valence-corrected chi connectivity index (χ1v) is 9.32. The molecule has 0 N–H and O–H groups in total. The molecule has 0 saturated heterocycles. The minimum absolute atomic E-state index is 0.190. The highest BCUT2D eigenvalue weighted by atomic mass is 32.3. The van der Waals surface area contributed by atoms with Gasteiger partial charge in [-0.25, -0.2) is 0 Å². The maximum absolute atomic E-state index is 12.3. The summed E-state index contributed by atoms with van der Waals surface area (Å²) in [6, 6.07) is 15.7. The highest BCUT2D eigenvalue weighted by molar-refractivity contribution is 7.82. The molecule has 6 nitrogen and oxygen atoms in total. The van der Waals surface area contributed by atoms with Crippen molar-refractivity contribution in [3.8, 4) is 34.5 Å². The molecule has 0 bridgehead atoms. The maximum Gasteiger partial charge on any atom is 0.500 e. The molecule has 0 saturated carbocycles. The lowest BCUT2D eigenvalue weighted by Gasteiger charge is -2.35. The maximum atomic E-state index is 12.3. The molecule has 0 amide bonds. The summed E-state index contributed by atoms with van der Waals surface area (Å²) in [5.74, 6) is 2.82. The molecule has 3 heterocycles. The largest absolute Gasteiger partial charge is 0.500 e. The topological polar surface area (TPSA) is 71.1 Å². The summed E-state index contributed by atoms with van der Waals surface area (Å²) < 4.78 is 47.1. The van der Waals surface area contributed by atoms with Crippen molar-refractivity contribution in [3.05, 3.63) is 54.6 Å². The Balaban J connectivity index is 1.79. The number of ether oxygens (including phenoxy) is 2. The highest BCUT2D eigenvalue weighted by Crippen LogP contribution is 2.38. The molecule has 26 heavy (non-hydrogen) atoms. The fraction of sp³-hybridized carbons (Fsp3) is 0. The molecular formula is C18H9BO6S. The van der Waals surface area contributed by atoms with Crippen LogP contribution in [0, 0.1) is 0 Å². The number of rotatable bonds is 0. The molecule has 6 rings (SSSR count). The Hall–Kier alpha value is -3.13. The zero-order valence-corrected chi connectivity index (χ0v) is 13.9. The van der Waals surface area contributed by atoms with Crippen molar-refractivity contribution in [2.75, 3.05) is 0 Å². The quantitative estimate of drug-likeness (QED) is 0.387. The van der Waals surface area contributed by atoms with Crippen LogP contribution in [0.15, 0.2) is 54.6 Å². The van der Waals surface area contributed by atoms with Gasteiger partial charge in [0, 0.05) is 16.4 Å². The summed E-state index contributed by atoms with van der Waals surface area (Å²) in [5, 5.41) is 0. The molecule has 0 aliphatic carbocycles. The smallest absolute Gasteiger partial charge is 0.458 e. The second-order valence-electron chi connectivity index (χ2n) is 6.22. The van der Waals surface area contributed by atoms with Gasteiger partial charge in [-0.2, -0.15) is 0 Å². The summed E-state index contributed by atoms with van der Waals surface area (Å²) in [5.41, 5.74) is 2.13. The van der Waals surface area contributed by atoms with Gasteiger partial charge in [0.1, 0.15) is 34.5 Å². The zero-order valence-electron chi connectivity index (χ0n) is 13.1. The molecule has 3 aromatic rings. The van der Waals surface area contributed by atoms with Gasteiger partial charge in [0.25, 0.3) is 6.71 Å². The van der Waals surface area contributed by atoms with Crippen LogP contribution < -0.4 is 34.2 Å². The summed E-state index contributed by atoms with van der Waals surface area (Å²) in [6.07, 6.45) is 0. The molecule has 3 aliphatic heterocycles. The van der Waals surface area contributed by atoms with E-state index in [0.717, 1.165) is 5.46 Å². The van der Waals surface area contributed by atoms with Crippen LogP contribution in [-0.4, -0.2) is 15.1 Å². The van der Waals surface area contributed by atoms with Gasteiger partial charge >= 0.3 is 10.4 Å². The van der Waals surface area contributed by atoms with Gasteiger partial charge in [-0.15, -0.1) is 8.42 Å². The van der Waals surface area contributed by atoms with E-state index in [1.807, 2.05) is 18.2 Å². The Kier molecular flexibility index (Phi) is 2.45. The van der Waals surface area contributed by atoms with Crippen molar-refractivity contribution in [1.29, 1.82) is 0 Å². The molecular weight excluding hydrogens is 355 g/mol. The summed E-state index contributed by atoms with van der Waals surface area (Å²) >= 11 is 0. The van der Waals surface area contributed by atoms with E-state index in [1.54, 1.807) is 36.4 Å². The van der Waals surface area contributed by atoms with Crippen molar-refractivity contribution >= 4 is 33.5 Å². The Morgan fingerprint density at radius 1 is 0.577 bits per heavy atom. The van der Waals surface area contributed by atoms with Crippen molar-refractivity contribution in [2.24, 2.45) is 0 Å². The summed E-state index contributed by atoms with van der Waals surface area (Å²) in [7, 11) is -4.28. The Bertz CT molecular complexity index is 1140. The van der Waals surface area contributed by atoms with Crippen molar-refractivity contribution in [2.45, 2.75) is 0 Å². The lowest BCUT2D eigenvalue weighted by molar-refractivity contribution is 0.390. The Morgan fingerprint density at radius 3 is 1.35 bits per heavy atom. The third-order valence-electron chi connectivity index (χ3n) is 4.77. The normalized spacial score (nSPS) is 16.7. The Labute approximate surface area is 149 Å². The third-order valence-corrected chi connectivity index (χ3v) is 5.54. The Morgan fingerprint density at radius 2 is 0.923 bits per heavy atom. The van der Waals surface area contributed by atoms with E-state index in [-0.39, 0.29) is 18.2 Å². The second kappa shape index (κ2) is 4.53. The standard InChI is InChI=1S/C18H9BO6S/c20-26(21)24-14-8-2-6-12-17(14)19-16-10(22-12)4-1-5-11(16)23-13-7-3-9-15(25-26)18(13)19/h1-9H. The van der Waals surface area contributed by atoms with Gasteiger partial charge in [0.15, 0.2) is 0 Å². The van der Waals surface area contributed by atoms with Crippen LogP contribution in [0.3, 0.4) is 0 Å². The van der Waals surface area contributed by atoms with Crippen molar-refractivity contribution in [3.63, 3.8) is 0 Å². The highest BCUT2D eigenvalue weighted by Gasteiger charge is 2.46. The van der Waals surface area contributed by atoms with Crippen LogP contribution in [0.2, 0.25) is 0 Å².